The van der Waals surface area contributed by atoms with Crippen molar-refractivity contribution in [3.05, 3.63) is 0 Å². The van der Waals surface area contributed by atoms with Crippen LogP contribution < -0.4 is 5.32 Å². The second kappa shape index (κ2) is 5.50. The summed E-state index contributed by atoms with van der Waals surface area (Å²) in [7, 11) is 0. The van der Waals surface area contributed by atoms with Crippen molar-refractivity contribution in [2.75, 3.05) is 6.54 Å². The minimum atomic E-state index is -0.587. The van der Waals surface area contributed by atoms with E-state index in [1.807, 2.05) is 20.8 Å². The lowest BCUT2D eigenvalue weighted by atomic mass is 9.85. The number of carbonyl (C=O) groups excluding carboxylic acids is 3. The van der Waals surface area contributed by atoms with Gasteiger partial charge in [-0.15, -0.1) is 0 Å². The molecule has 2 amide bonds. The molecule has 1 N–H and O–H groups in total. The number of nitrogens with one attached hydrogen (secondary N) is 1. The minimum absolute atomic E-state index is 0.160. The lowest BCUT2D eigenvalue weighted by molar-refractivity contribution is -0.141. The zero-order valence-electron chi connectivity index (χ0n) is 11.5. The molecule has 1 rings (SSSR count). The molecule has 2 atom stereocenters. The van der Waals surface area contributed by atoms with Crippen LogP contribution in [0.3, 0.4) is 0 Å². The van der Waals surface area contributed by atoms with E-state index in [0.717, 1.165) is 12.7 Å². The first-order chi connectivity index (χ1) is 8.27. The van der Waals surface area contributed by atoms with E-state index in [1.54, 1.807) is 4.90 Å². The SMILES string of the molecule is CC(=O)NC(C(=O)N1CCCC1C=O)C(C)(C)C. The Morgan fingerprint density at radius 2 is 2.00 bits per heavy atom. The molecule has 0 aliphatic carbocycles. The number of likely N-dealkylation sites (tertiary alicyclic amines) is 1. The quantitative estimate of drug-likeness (QED) is 0.755. The summed E-state index contributed by atoms with van der Waals surface area (Å²) < 4.78 is 0. The van der Waals surface area contributed by atoms with Crippen LogP contribution in [0.25, 0.3) is 0 Å². The van der Waals surface area contributed by atoms with Gasteiger partial charge in [0.2, 0.25) is 11.8 Å². The predicted molar refractivity (Wildman–Crippen MR) is 67.9 cm³/mol. The van der Waals surface area contributed by atoms with Crippen LogP contribution in [0.1, 0.15) is 40.5 Å². The maximum atomic E-state index is 12.4. The van der Waals surface area contributed by atoms with Gasteiger partial charge in [0.1, 0.15) is 12.3 Å². The van der Waals surface area contributed by atoms with E-state index in [1.165, 1.54) is 6.92 Å². The Morgan fingerprint density at radius 3 is 2.44 bits per heavy atom. The van der Waals surface area contributed by atoms with E-state index >= 15 is 0 Å². The molecule has 2 unspecified atom stereocenters. The number of nitrogens with zero attached hydrogens (tertiary/aromatic N) is 1. The van der Waals surface area contributed by atoms with Crippen molar-refractivity contribution in [2.24, 2.45) is 5.41 Å². The fraction of sp³-hybridized carbons (Fsp3) is 0.769. The maximum Gasteiger partial charge on any atom is 0.246 e. The molecule has 1 fully saturated rings. The molecular weight excluding hydrogens is 232 g/mol. The van der Waals surface area contributed by atoms with Crippen molar-refractivity contribution in [3.63, 3.8) is 0 Å². The minimum Gasteiger partial charge on any atom is -0.344 e. The van der Waals surface area contributed by atoms with Gasteiger partial charge in [-0.25, -0.2) is 0 Å². The normalized spacial score (nSPS) is 21.6. The Kier molecular flexibility index (Phi) is 4.48. The second-order valence-corrected chi connectivity index (χ2v) is 5.88. The highest BCUT2D eigenvalue weighted by atomic mass is 16.2. The maximum absolute atomic E-state index is 12.4. The van der Waals surface area contributed by atoms with Crippen LogP contribution in [0, 0.1) is 5.41 Å². The smallest absolute Gasteiger partial charge is 0.246 e. The van der Waals surface area contributed by atoms with Gasteiger partial charge in [0.25, 0.3) is 0 Å². The summed E-state index contributed by atoms with van der Waals surface area (Å²) in [6.07, 6.45) is 2.37. The van der Waals surface area contributed by atoms with Gasteiger partial charge >= 0.3 is 0 Å². The van der Waals surface area contributed by atoms with E-state index in [9.17, 15) is 14.4 Å². The number of rotatable bonds is 3. The molecule has 102 valence electrons. The van der Waals surface area contributed by atoms with Gasteiger partial charge in [-0.3, -0.25) is 9.59 Å². The lowest BCUT2D eigenvalue weighted by Gasteiger charge is -2.34. The second-order valence-electron chi connectivity index (χ2n) is 5.88. The van der Waals surface area contributed by atoms with E-state index < -0.39 is 6.04 Å². The van der Waals surface area contributed by atoms with Gasteiger partial charge in [0.05, 0.1) is 6.04 Å². The summed E-state index contributed by atoms with van der Waals surface area (Å²) in [6.45, 7) is 7.69. The Labute approximate surface area is 108 Å². The summed E-state index contributed by atoms with van der Waals surface area (Å²) in [5.41, 5.74) is -0.376. The average molecular weight is 254 g/mol. The monoisotopic (exact) mass is 254 g/mol. The zero-order chi connectivity index (χ0) is 13.9. The number of hydrogen-bond donors (Lipinski definition) is 1. The summed E-state index contributed by atoms with van der Waals surface area (Å²) >= 11 is 0. The van der Waals surface area contributed by atoms with Gasteiger partial charge in [0.15, 0.2) is 0 Å². The highest BCUT2D eigenvalue weighted by molar-refractivity contribution is 5.89. The van der Waals surface area contributed by atoms with E-state index in [0.29, 0.717) is 13.0 Å². The first-order valence-electron chi connectivity index (χ1n) is 6.30. The number of hydrogen-bond acceptors (Lipinski definition) is 3. The first-order valence-corrected chi connectivity index (χ1v) is 6.30. The molecule has 0 spiro atoms. The highest BCUT2D eigenvalue weighted by Crippen LogP contribution is 2.24. The van der Waals surface area contributed by atoms with Crippen molar-refractivity contribution in [2.45, 2.75) is 52.6 Å². The molecule has 0 aromatic rings. The number of amides is 2. The molecule has 1 saturated heterocycles. The van der Waals surface area contributed by atoms with Gasteiger partial charge in [-0.05, 0) is 18.3 Å². The van der Waals surface area contributed by atoms with E-state index in [2.05, 4.69) is 5.32 Å². The molecule has 0 saturated carbocycles. The molecule has 0 aromatic heterocycles. The van der Waals surface area contributed by atoms with Crippen molar-refractivity contribution in [1.29, 1.82) is 0 Å². The van der Waals surface area contributed by atoms with Crippen molar-refractivity contribution < 1.29 is 14.4 Å². The Hall–Kier alpha value is -1.39. The molecule has 18 heavy (non-hydrogen) atoms. The lowest BCUT2D eigenvalue weighted by Crippen LogP contribution is -2.55. The van der Waals surface area contributed by atoms with Gasteiger partial charge in [-0.2, -0.15) is 0 Å². The largest absolute Gasteiger partial charge is 0.344 e. The summed E-state index contributed by atoms with van der Waals surface area (Å²) in [5, 5.41) is 2.70. The van der Waals surface area contributed by atoms with Crippen LogP contribution in [0.15, 0.2) is 0 Å². The van der Waals surface area contributed by atoms with E-state index in [4.69, 9.17) is 0 Å². The molecule has 5 heteroatoms. The predicted octanol–water partition coefficient (Wildman–Crippen LogP) is 0.727. The summed E-state index contributed by atoms with van der Waals surface area (Å²) in [4.78, 5) is 36.2. The van der Waals surface area contributed by atoms with Crippen LogP contribution in [0.5, 0.6) is 0 Å². The molecule has 1 aliphatic heterocycles. The number of carbonyl (C=O) groups is 3. The fourth-order valence-electron chi connectivity index (χ4n) is 2.23. The molecule has 0 aromatic carbocycles. The molecule has 1 aliphatic rings. The van der Waals surface area contributed by atoms with Gasteiger partial charge in [-0.1, -0.05) is 20.8 Å². The molecule has 0 radical (unpaired) electrons. The topological polar surface area (TPSA) is 66.5 Å². The van der Waals surface area contributed by atoms with Gasteiger partial charge in [0, 0.05) is 13.5 Å². The summed E-state index contributed by atoms with van der Waals surface area (Å²) in [5.74, 6) is -0.391. The molecule has 1 heterocycles. The third-order valence-corrected chi connectivity index (χ3v) is 3.20. The van der Waals surface area contributed by atoms with Crippen LogP contribution >= 0.6 is 0 Å². The molecule has 5 nitrogen and oxygen atoms in total. The Bertz CT molecular complexity index is 347. The zero-order valence-corrected chi connectivity index (χ0v) is 11.5. The molecule has 0 bridgehead atoms. The van der Waals surface area contributed by atoms with Crippen molar-refractivity contribution in [1.82, 2.24) is 10.2 Å². The van der Waals surface area contributed by atoms with Crippen LogP contribution in [0.4, 0.5) is 0 Å². The summed E-state index contributed by atoms with van der Waals surface area (Å²) in [6, 6.07) is -0.924. The third kappa shape index (κ3) is 3.31. The van der Waals surface area contributed by atoms with Crippen molar-refractivity contribution in [3.8, 4) is 0 Å². The van der Waals surface area contributed by atoms with Crippen LogP contribution in [-0.2, 0) is 14.4 Å². The van der Waals surface area contributed by atoms with Crippen molar-refractivity contribution >= 4 is 18.1 Å². The Balaban J connectivity index is 2.88. The standard InChI is InChI=1S/C13H22N2O3/c1-9(17)14-11(13(2,3)4)12(18)15-7-5-6-10(15)8-16/h8,10-11H,5-7H2,1-4H3,(H,14,17). The van der Waals surface area contributed by atoms with Crippen LogP contribution in [0.2, 0.25) is 0 Å². The molecular formula is C13H22N2O3. The highest BCUT2D eigenvalue weighted by Gasteiger charge is 2.38. The average Bonchev–Trinajstić information content (AvgIpc) is 2.71. The van der Waals surface area contributed by atoms with E-state index in [-0.39, 0.29) is 23.3 Å². The third-order valence-electron chi connectivity index (χ3n) is 3.20. The van der Waals surface area contributed by atoms with Crippen LogP contribution in [-0.4, -0.2) is 41.6 Å². The fourth-order valence-corrected chi connectivity index (χ4v) is 2.23. The Morgan fingerprint density at radius 1 is 1.39 bits per heavy atom. The van der Waals surface area contributed by atoms with Gasteiger partial charge < -0.3 is 15.0 Å². The number of aldehydes is 1. The first kappa shape index (κ1) is 14.7.